The lowest BCUT2D eigenvalue weighted by Crippen LogP contribution is -2.13. The number of hydrogen-bond acceptors (Lipinski definition) is 2. The van der Waals surface area contributed by atoms with Crippen LogP contribution in [-0.2, 0) is 0 Å². The van der Waals surface area contributed by atoms with E-state index in [-0.39, 0.29) is 5.91 Å². The third-order valence-corrected chi connectivity index (χ3v) is 5.01. The number of hydrogen-bond donors (Lipinski definition) is 3. The number of anilines is 1. The van der Waals surface area contributed by atoms with Crippen LogP contribution in [0.25, 0.3) is 33.1 Å². The van der Waals surface area contributed by atoms with Crippen molar-refractivity contribution in [3.8, 4) is 11.3 Å². The van der Waals surface area contributed by atoms with Crippen molar-refractivity contribution in [1.82, 2.24) is 15.2 Å². The largest absolute Gasteiger partial charge is 0.361 e. The zero-order valence-electron chi connectivity index (χ0n) is 15.3. The van der Waals surface area contributed by atoms with Gasteiger partial charge in [0, 0.05) is 33.9 Å². The van der Waals surface area contributed by atoms with Gasteiger partial charge in [-0.3, -0.25) is 9.89 Å². The van der Waals surface area contributed by atoms with E-state index < -0.39 is 0 Å². The Kier molecular flexibility index (Phi) is 3.72. The van der Waals surface area contributed by atoms with Crippen LogP contribution in [0.3, 0.4) is 0 Å². The van der Waals surface area contributed by atoms with Crippen LogP contribution < -0.4 is 5.32 Å². The Morgan fingerprint density at radius 3 is 2.68 bits per heavy atom. The lowest BCUT2D eigenvalue weighted by molar-refractivity contribution is 0.102. The quantitative estimate of drug-likeness (QED) is 0.407. The second kappa shape index (κ2) is 6.39. The van der Waals surface area contributed by atoms with Crippen molar-refractivity contribution >= 4 is 33.4 Å². The molecule has 2 aromatic heterocycles. The molecule has 0 bridgehead atoms. The third kappa shape index (κ3) is 2.74. The van der Waals surface area contributed by atoms with Crippen molar-refractivity contribution in [2.75, 3.05) is 5.32 Å². The van der Waals surface area contributed by atoms with E-state index in [1.165, 1.54) is 0 Å². The van der Waals surface area contributed by atoms with Gasteiger partial charge in [0.15, 0.2) is 0 Å². The molecule has 0 atom stereocenters. The van der Waals surface area contributed by atoms with Gasteiger partial charge in [-0.25, -0.2) is 0 Å². The summed E-state index contributed by atoms with van der Waals surface area (Å²) in [4.78, 5) is 16.0. The van der Waals surface area contributed by atoms with Gasteiger partial charge in [0.2, 0.25) is 0 Å². The summed E-state index contributed by atoms with van der Waals surface area (Å²) in [5.74, 6) is -0.127. The molecule has 0 radical (unpaired) electrons. The maximum atomic E-state index is 12.9. The second-order valence-electron chi connectivity index (χ2n) is 6.88. The number of H-pyrrole nitrogens is 2. The number of nitrogens with one attached hydrogen (secondary N) is 3. The Hall–Kier alpha value is -3.86. The second-order valence-corrected chi connectivity index (χ2v) is 6.88. The Morgan fingerprint density at radius 2 is 1.82 bits per heavy atom. The third-order valence-electron chi connectivity index (χ3n) is 5.01. The first-order valence-corrected chi connectivity index (χ1v) is 9.12. The highest BCUT2D eigenvalue weighted by atomic mass is 16.1. The van der Waals surface area contributed by atoms with Crippen LogP contribution in [0.4, 0.5) is 5.69 Å². The van der Waals surface area contributed by atoms with Crippen LogP contribution in [0.15, 0.2) is 72.9 Å². The lowest BCUT2D eigenvalue weighted by atomic mass is 10.0. The minimum Gasteiger partial charge on any atom is -0.361 e. The van der Waals surface area contributed by atoms with Gasteiger partial charge in [-0.1, -0.05) is 30.3 Å². The highest BCUT2D eigenvalue weighted by molar-refractivity contribution is 6.08. The van der Waals surface area contributed by atoms with E-state index in [0.29, 0.717) is 5.56 Å². The average molecular weight is 366 g/mol. The fourth-order valence-corrected chi connectivity index (χ4v) is 3.57. The fraction of sp³-hybridized carbons (Fsp3) is 0.0435. The zero-order valence-corrected chi connectivity index (χ0v) is 15.3. The maximum absolute atomic E-state index is 12.9. The van der Waals surface area contributed by atoms with E-state index in [1.807, 2.05) is 79.9 Å². The first kappa shape index (κ1) is 16.3. The van der Waals surface area contributed by atoms with Crippen molar-refractivity contribution in [1.29, 1.82) is 0 Å². The van der Waals surface area contributed by atoms with E-state index in [4.69, 9.17) is 0 Å². The topological polar surface area (TPSA) is 73.6 Å². The highest BCUT2D eigenvalue weighted by Gasteiger charge is 2.13. The first-order chi connectivity index (χ1) is 13.7. The van der Waals surface area contributed by atoms with Gasteiger partial charge >= 0.3 is 0 Å². The molecular weight excluding hydrogens is 348 g/mol. The van der Waals surface area contributed by atoms with E-state index in [0.717, 1.165) is 44.3 Å². The number of nitrogens with zero attached hydrogens (tertiary/aromatic N) is 1. The molecule has 3 aromatic carbocycles. The predicted octanol–water partition coefficient (Wildman–Crippen LogP) is 5.27. The summed E-state index contributed by atoms with van der Waals surface area (Å²) in [5, 5.41) is 12.6. The van der Waals surface area contributed by atoms with Crippen LogP contribution >= 0.6 is 0 Å². The van der Waals surface area contributed by atoms with Crippen molar-refractivity contribution in [2.24, 2.45) is 0 Å². The van der Waals surface area contributed by atoms with Crippen LogP contribution in [0, 0.1) is 6.92 Å². The molecule has 2 heterocycles. The Labute approximate surface area is 161 Å². The summed E-state index contributed by atoms with van der Waals surface area (Å²) < 4.78 is 0. The molecule has 136 valence electrons. The SMILES string of the molecule is Cc1cc2cc[nH]c2cc1C(=O)Nc1ccc2[nH]nc(-c3ccccc3)c2c1. The zero-order chi connectivity index (χ0) is 19.1. The van der Waals surface area contributed by atoms with Crippen molar-refractivity contribution in [3.63, 3.8) is 0 Å². The minimum absolute atomic E-state index is 0.127. The van der Waals surface area contributed by atoms with Crippen molar-refractivity contribution < 1.29 is 4.79 Å². The molecule has 0 fully saturated rings. The Balaban J connectivity index is 1.50. The number of rotatable bonds is 3. The van der Waals surface area contributed by atoms with Crippen LogP contribution in [0.2, 0.25) is 0 Å². The van der Waals surface area contributed by atoms with Gasteiger partial charge in [0.05, 0.1) is 11.2 Å². The normalized spacial score (nSPS) is 11.2. The number of amides is 1. The summed E-state index contributed by atoms with van der Waals surface area (Å²) >= 11 is 0. The van der Waals surface area contributed by atoms with Crippen LogP contribution in [0.1, 0.15) is 15.9 Å². The summed E-state index contributed by atoms with van der Waals surface area (Å²) in [6.45, 7) is 1.95. The van der Waals surface area contributed by atoms with Gasteiger partial charge in [0.1, 0.15) is 0 Å². The molecule has 0 aliphatic heterocycles. The number of benzene rings is 3. The van der Waals surface area contributed by atoms with Gasteiger partial charge in [-0.05, 0) is 54.3 Å². The Morgan fingerprint density at radius 1 is 0.964 bits per heavy atom. The van der Waals surface area contributed by atoms with Gasteiger partial charge in [0.25, 0.3) is 5.91 Å². The molecule has 5 rings (SSSR count). The molecular formula is C23H18N4O. The van der Waals surface area contributed by atoms with Crippen LogP contribution in [0.5, 0.6) is 0 Å². The standard InChI is InChI=1S/C23H18N4O/c1-14-11-16-9-10-24-21(16)13-18(14)23(28)25-17-7-8-20-19(12-17)22(27-26-20)15-5-3-2-4-6-15/h2-13,24H,1H3,(H,25,28)(H,26,27). The predicted molar refractivity (Wildman–Crippen MR) is 113 cm³/mol. The average Bonchev–Trinajstić information content (AvgIpc) is 3.34. The summed E-state index contributed by atoms with van der Waals surface area (Å²) in [6.07, 6.45) is 1.88. The molecule has 5 aromatic rings. The molecule has 0 aliphatic rings. The van der Waals surface area contributed by atoms with Gasteiger partial charge in [-0.2, -0.15) is 5.10 Å². The smallest absolute Gasteiger partial charge is 0.256 e. The van der Waals surface area contributed by atoms with Gasteiger partial charge < -0.3 is 10.3 Å². The molecule has 28 heavy (non-hydrogen) atoms. The molecule has 0 spiro atoms. The first-order valence-electron chi connectivity index (χ1n) is 9.12. The highest BCUT2D eigenvalue weighted by Crippen LogP contribution is 2.28. The summed E-state index contributed by atoms with van der Waals surface area (Å²) in [7, 11) is 0. The number of aromatic nitrogens is 3. The molecule has 0 saturated heterocycles. The molecule has 5 heteroatoms. The van der Waals surface area contributed by atoms with E-state index >= 15 is 0 Å². The molecule has 0 aliphatic carbocycles. The van der Waals surface area contributed by atoms with Crippen molar-refractivity contribution in [3.05, 3.63) is 84.1 Å². The maximum Gasteiger partial charge on any atom is 0.256 e. The van der Waals surface area contributed by atoms with Crippen molar-refractivity contribution in [2.45, 2.75) is 6.92 Å². The number of aromatic amines is 2. The molecule has 0 unspecified atom stereocenters. The summed E-state index contributed by atoms with van der Waals surface area (Å²) in [5.41, 5.74) is 6.13. The number of aryl methyl sites for hydroxylation is 1. The molecule has 3 N–H and O–H groups in total. The molecule has 5 nitrogen and oxygen atoms in total. The number of carbonyl (C=O) groups is 1. The minimum atomic E-state index is -0.127. The molecule has 0 saturated carbocycles. The van der Waals surface area contributed by atoms with E-state index in [9.17, 15) is 4.79 Å². The van der Waals surface area contributed by atoms with Crippen LogP contribution in [-0.4, -0.2) is 21.1 Å². The van der Waals surface area contributed by atoms with E-state index in [2.05, 4.69) is 20.5 Å². The van der Waals surface area contributed by atoms with Gasteiger partial charge in [-0.15, -0.1) is 0 Å². The van der Waals surface area contributed by atoms with E-state index in [1.54, 1.807) is 0 Å². The summed E-state index contributed by atoms with van der Waals surface area (Å²) in [6, 6.07) is 21.7. The monoisotopic (exact) mass is 366 g/mol. The number of fused-ring (bicyclic) bond motifs is 2. The fourth-order valence-electron chi connectivity index (χ4n) is 3.57. The lowest BCUT2D eigenvalue weighted by Gasteiger charge is -2.09. The molecule has 1 amide bonds. The number of carbonyl (C=O) groups excluding carboxylic acids is 1. The Bertz CT molecular complexity index is 1310.